The number of benzene rings is 1. The molecule has 1 aliphatic rings. The van der Waals surface area contributed by atoms with Crippen LogP contribution in [-0.2, 0) is 6.18 Å². The molecule has 0 fully saturated rings. The Morgan fingerprint density at radius 1 is 1.21 bits per heavy atom. The van der Waals surface area contributed by atoms with E-state index in [0.29, 0.717) is 22.5 Å². The third-order valence-electron chi connectivity index (χ3n) is 1.96. The van der Waals surface area contributed by atoms with Crippen molar-refractivity contribution < 1.29 is 13.2 Å². The van der Waals surface area contributed by atoms with Crippen LogP contribution in [0.2, 0.25) is 0 Å². The topological polar surface area (TPSA) is 24.1 Å². The van der Waals surface area contributed by atoms with E-state index in [2.05, 4.69) is 26.6 Å². The highest BCUT2D eigenvalue weighted by molar-refractivity contribution is 9.10. The summed E-state index contributed by atoms with van der Waals surface area (Å²) in [7, 11) is 0. The quantitative estimate of drug-likeness (QED) is 0.753. The molecular weight excluding hydrogens is 261 g/mol. The number of fused-ring (bicyclic) bond motifs is 1. The average molecular weight is 267 g/mol. The van der Waals surface area contributed by atoms with Gasteiger partial charge in [-0.25, -0.2) is 0 Å². The number of alkyl halides is 3. The maximum Gasteiger partial charge on any atom is 0.416 e. The number of nitrogens with one attached hydrogen (secondary N) is 2. The fourth-order valence-corrected chi connectivity index (χ4v) is 1.92. The highest BCUT2D eigenvalue weighted by Crippen LogP contribution is 2.40. The fraction of sp³-hybridized carbons (Fsp3) is 0.250. The molecule has 2 rings (SSSR count). The van der Waals surface area contributed by atoms with E-state index >= 15 is 0 Å². The van der Waals surface area contributed by atoms with Crippen LogP contribution in [0.15, 0.2) is 16.6 Å². The molecule has 0 unspecified atom stereocenters. The predicted molar refractivity (Wildman–Crippen MR) is 51.3 cm³/mol. The minimum absolute atomic E-state index is 0.423. The van der Waals surface area contributed by atoms with Gasteiger partial charge in [0.2, 0.25) is 0 Å². The minimum atomic E-state index is -4.30. The second-order valence-corrected chi connectivity index (χ2v) is 3.76. The van der Waals surface area contributed by atoms with Gasteiger partial charge in [0.1, 0.15) is 0 Å². The van der Waals surface area contributed by atoms with Gasteiger partial charge in [-0.05, 0) is 28.1 Å². The normalized spacial score (nSPS) is 14.6. The Labute approximate surface area is 86.6 Å². The summed E-state index contributed by atoms with van der Waals surface area (Å²) in [5.74, 6) is 0. The highest BCUT2D eigenvalue weighted by atomic mass is 79.9. The number of hydrogen-bond donors (Lipinski definition) is 2. The molecule has 0 amide bonds. The fourth-order valence-electron chi connectivity index (χ4n) is 1.32. The molecule has 0 aromatic heterocycles. The largest absolute Gasteiger partial charge is 0.416 e. The Morgan fingerprint density at radius 2 is 1.93 bits per heavy atom. The summed E-state index contributed by atoms with van der Waals surface area (Å²) in [4.78, 5) is 0. The van der Waals surface area contributed by atoms with Gasteiger partial charge in [-0.15, -0.1) is 0 Å². The van der Waals surface area contributed by atoms with Crippen molar-refractivity contribution in [2.45, 2.75) is 6.18 Å². The van der Waals surface area contributed by atoms with Gasteiger partial charge in [-0.3, -0.25) is 0 Å². The van der Waals surface area contributed by atoms with E-state index in [1.165, 1.54) is 0 Å². The van der Waals surface area contributed by atoms with Gasteiger partial charge in [0.05, 0.1) is 23.6 Å². The first kappa shape index (κ1) is 9.64. The molecule has 14 heavy (non-hydrogen) atoms. The standard InChI is InChI=1S/C8H6BrF3N2/c9-5-1-4(8(10,11)12)2-6-7(5)14-3-13-6/h1-2,13-14H,3H2. The van der Waals surface area contributed by atoms with Crippen LogP contribution in [0.25, 0.3) is 0 Å². The van der Waals surface area contributed by atoms with E-state index < -0.39 is 11.7 Å². The van der Waals surface area contributed by atoms with E-state index in [1.54, 1.807) is 0 Å². The molecule has 1 aliphatic heterocycles. The van der Waals surface area contributed by atoms with E-state index in [9.17, 15) is 13.2 Å². The molecule has 0 atom stereocenters. The van der Waals surface area contributed by atoms with Crippen LogP contribution in [0, 0.1) is 0 Å². The van der Waals surface area contributed by atoms with Gasteiger partial charge in [-0.1, -0.05) is 0 Å². The second-order valence-electron chi connectivity index (χ2n) is 2.91. The van der Waals surface area contributed by atoms with E-state index in [4.69, 9.17) is 0 Å². The molecule has 0 spiro atoms. The van der Waals surface area contributed by atoms with E-state index in [1.807, 2.05) is 0 Å². The molecule has 0 saturated carbocycles. The van der Waals surface area contributed by atoms with Gasteiger partial charge in [-0.2, -0.15) is 13.2 Å². The first-order valence-electron chi connectivity index (χ1n) is 3.87. The van der Waals surface area contributed by atoms with Crippen LogP contribution in [-0.4, -0.2) is 6.67 Å². The summed E-state index contributed by atoms with van der Waals surface area (Å²) in [5, 5.41) is 5.73. The summed E-state index contributed by atoms with van der Waals surface area (Å²) < 4.78 is 37.5. The lowest BCUT2D eigenvalue weighted by Gasteiger charge is -2.09. The summed E-state index contributed by atoms with van der Waals surface area (Å²) in [5.41, 5.74) is 0.504. The Kier molecular flexibility index (Phi) is 2.10. The maximum absolute atomic E-state index is 12.4. The van der Waals surface area contributed by atoms with Gasteiger partial charge in [0.25, 0.3) is 0 Å². The smallest absolute Gasteiger partial charge is 0.366 e. The van der Waals surface area contributed by atoms with Crippen LogP contribution in [0.3, 0.4) is 0 Å². The van der Waals surface area contributed by atoms with Crippen molar-refractivity contribution in [3.63, 3.8) is 0 Å². The van der Waals surface area contributed by atoms with Crippen molar-refractivity contribution >= 4 is 27.3 Å². The molecule has 2 nitrogen and oxygen atoms in total. The lowest BCUT2D eigenvalue weighted by Crippen LogP contribution is -2.05. The Hall–Kier alpha value is -0.910. The van der Waals surface area contributed by atoms with Crippen LogP contribution in [0.1, 0.15) is 5.56 Å². The Balaban J connectivity index is 2.52. The van der Waals surface area contributed by atoms with Crippen molar-refractivity contribution in [3.05, 3.63) is 22.2 Å². The molecule has 0 aliphatic carbocycles. The number of rotatable bonds is 0. The summed E-state index contributed by atoms with van der Waals surface area (Å²) in [6, 6.07) is 2.17. The monoisotopic (exact) mass is 266 g/mol. The van der Waals surface area contributed by atoms with Crippen LogP contribution in [0.5, 0.6) is 0 Å². The summed E-state index contributed by atoms with van der Waals surface area (Å²) in [6.45, 7) is 0.454. The average Bonchev–Trinajstić information content (AvgIpc) is 2.50. The molecule has 1 aromatic rings. The lowest BCUT2D eigenvalue weighted by molar-refractivity contribution is -0.137. The van der Waals surface area contributed by atoms with Gasteiger partial charge in [0.15, 0.2) is 0 Å². The van der Waals surface area contributed by atoms with Gasteiger partial charge in [0, 0.05) is 4.47 Å². The molecule has 0 saturated heterocycles. The maximum atomic E-state index is 12.4. The molecule has 6 heteroatoms. The SMILES string of the molecule is FC(F)(F)c1cc(Br)c2c(c1)NCN2. The van der Waals surface area contributed by atoms with Crippen molar-refractivity contribution in [1.82, 2.24) is 0 Å². The Morgan fingerprint density at radius 3 is 2.57 bits per heavy atom. The zero-order valence-corrected chi connectivity index (χ0v) is 8.46. The first-order valence-corrected chi connectivity index (χ1v) is 4.66. The zero-order valence-electron chi connectivity index (χ0n) is 6.87. The highest BCUT2D eigenvalue weighted by Gasteiger charge is 2.32. The van der Waals surface area contributed by atoms with E-state index in [0.717, 1.165) is 12.1 Å². The first-order chi connectivity index (χ1) is 6.48. The molecule has 0 bridgehead atoms. The third-order valence-corrected chi connectivity index (χ3v) is 2.59. The van der Waals surface area contributed by atoms with Crippen LogP contribution in [0.4, 0.5) is 24.5 Å². The van der Waals surface area contributed by atoms with E-state index in [-0.39, 0.29) is 0 Å². The van der Waals surface area contributed by atoms with Crippen molar-refractivity contribution in [1.29, 1.82) is 0 Å². The third kappa shape index (κ3) is 1.54. The Bertz CT molecular complexity index is 376. The van der Waals surface area contributed by atoms with Crippen LogP contribution < -0.4 is 10.6 Å². The molecule has 0 radical (unpaired) electrons. The van der Waals surface area contributed by atoms with Crippen molar-refractivity contribution in [2.75, 3.05) is 17.3 Å². The zero-order chi connectivity index (χ0) is 10.3. The number of anilines is 2. The predicted octanol–water partition coefficient (Wildman–Crippen LogP) is 3.26. The molecule has 2 N–H and O–H groups in total. The number of hydrogen-bond acceptors (Lipinski definition) is 2. The number of halogens is 4. The van der Waals surface area contributed by atoms with Gasteiger partial charge < -0.3 is 10.6 Å². The summed E-state index contributed by atoms with van der Waals surface area (Å²) >= 11 is 3.09. The molecule has 1 aromatic carbocycles. The summed E-state index contributed by atoms with van der Waals surface area (Å²) in [6.07, 6.45) is -4.30. The van der Waals surface area contributed by atoms with Crippen molar-refractivity contribution in [2.24, 2.45) is 0 Å². The molecule has 1 heterocycles. The van der Waals surface area contributed by atoms with Crippen molar-refractivity contribution in [3.8, 4) is 0 Å². The molecule has 76 valence electrons. The minimum Gasteiger partial charge on any atom is -0.366 e. The second kappa shape index (κ2) is 3.05. The van der Waals surface area contributed by atoms with Crippen LogP contribution >= 0.6 is 15.9 Å². The van der Waals surface area contributed by atoms with Gasteiger partial charge >= 0.3 is 6.18 Å². The lowest BCUT2D eigenvalue weighted by atomic mass is 10.2. The molecular formula is C8H6BrF3N2.